The molecule has 0 bridgehead atoms. The number of aryl methyl sites for hydroxylation is 2. The van der Waals surface area contributed by atoms with E-state index in [1.54, 1.807) is 0 Å². The molecular weight excluding hydrogens is 98.1 g/mol. The Kier molecular flexibility index (Phi) is 1.38. The average Bonchev–Trinajstić information content (AvgIpc) is 2.14. The number of hydrogen-bond acceptors (Lipinski definition) is 0. The highest BCUT2D eigenvalue weighted by molar-refractivity contribution is 5.05. The maximum absolute atomic E-state index is 3.07. The predicted molar refractivity (Wildman–Crippen MR) is 33.7 cm³/mol. The van der Waals surface area contributed by atoms with Gasteiger partial charge < -0.3 is 4.57 Å². The van der Waals surface area contributed by atoms with E-state index in [1.807, 2.05) is 10.6 Å². The molecule has 43 valence electrons. The average molecular weight is 108 g/mol. The zero-order chi connectivity index (χ0) is 5.98. The minimum atomic E-state index is 1.02. The summed E-state index contributed by atoms with van der Waals surface area (Å²) in [6.07, 6.45) is 5.16. The summed E-state index contributed by atoms with van der Waals surface area (Å²) < 4.78 is 2.04. The summed E-state index contributed by atoms with van der Waals surface area (Å²) >= 11 is 0. The zero-order valence-electron chi connectivity index (χ0n) is 5.31. The Morgan fingerprint density at radius 1 is 1.75 bits per heavy atom. The van der Waals surface area contributed by atoms with Crippen molar-refractivity contribution in [3.8, 4) is 0 Å². The Hall–Kier alpha value is -0.720. The van der Waals surface area contributed by atoms with Crippen molar-refractivity contribution in [3.05, 3.63) is 24.0 Å². The number of hydrogen-bond donors (Lipinski definition) is 0. The third-order valence-corrected chi connectivity index (χ3v) is 1.16. The van der Waals surface area contributed by atoms with Gasteiger partial charge in [0.05, 0.1) is 6.20 Å². The molecule has 0 saturated heterocycles. The molecular formula is C7H10N. The molecule has 0 fully saturated rings. The quantitative estimate of drug-likeness (QED) is 0.515. The molecule has 1 radical (unpaired) electrons. The summed E-state index contributed by atoms with van der Waals surface area (Å²) in [5.41, 5.74) is 1.28. The van der Waals surface area contributed by atoms with Crippen molar-refractivity contribution in [1.29, 1.82) is 0 Å². The fourth-order valence-corrected chi connectivity index (χ4v) is 0.688. The molecule has 0 N–H and O–H groups in total. The van der Waals surface area contributed by atoms with Crippen LogP contribution in [-0.4, -0.2) is 4.57 Å². The zero-order valence-corrected chi connectivity index (χ0v) is 5.31. The van der Waals surface area contributed by atoms with Gasteiger partial charge in [0, 0.05) is 12.7 Å². The van der Waals surface area contributed by atoms with Crippen LogP contribution >= 0.6 is 0 Å². The van der Waals surface area contributed by atoms with Gasteiger partial charge in [-0.05, 0) is 25.5 Å². The van der Waals surface area contributed by atoms with Gasteiger partial charge in [-0.1, -0.05) is 0 Å². The molecule has 1 heterocycles. The van der Waals surface area contributed by atoms with Crippen molar-refractivity contribution in [1.82, 2.24) is 4.57 Å². The minimum Gasteiger partial charge on any atom is -0.346 e. The van der Waals surface area contributed by atoms with Crippen molar-refractivity contribution in [2.45, 2.75) is 20.4 Å². The summed E-state index contributed by atoms with van der Waals surface area (Å²) in [4.78, 5) is 0. The predicted octanol–water partition coefficient (Wildman–Crippen LogP) is 1.62. The van der Waals surface area contributed by atoms with Crippen LogP contribution in [0, 0.1) is 13.1 Å². The van der Waals surface area contributed by atoms with Crippen LogP contribution in [0.3, 0.4) is 0 Å². The van der Waals surface area contributed by atoms with E-state index in [0.29, 0.717) is 0 Å². The molecule has 0 aromatic carbocycles. The summed E-state index contributed by atoms with van der Waals surface area (Å²) in [6.45, 7) is 5.20. The van der Waals surface area contributed by atoms with Crippen LogP contribution in [0.2, 0.25) is 0 Å². The Bertz CT molecular complexity index is 165. The number of rotatable bonds is 1. The lowest BCUT2D eigenvalue weighted by Crippen LogP contribution is -1.86. The molecule has 0 unspecified atom stereocenters. The van der Waals surface area contributed by atoms with Crippen molar-refractivity contribution in [2.24, 2.45) is 0 Å². The van der Waals surface area contributed by atoms with Crippen LogP contribution < -0.4 is 0 Å². The Morgan fingerprint density at radius 3 is 2.75 bits per heavy atom. The molecule has 0 amide bonds. The van der Waals surface area contributed by atoms with Crippen LogP contribution in [0.25, 0.3) is 0 Å². The standard InChI is InChI=1S/C7H10N/c1-3-8-5-4-7(2)6-8/h4,6H,3H2,1-2H3. The summed E-state index contributed by atoms with van der Waals surface area (Å²) in [6, 6.07) is 1.99. The van der Waals surface area contributed by atoms with E-state index in [0.717, 1.165) is 6.54 Å². The lowest BCUT2D eigenvalue weighted by Gasteiger charge is -1.89. The van der Waals surface area contributed by atoms with Crippen LogP contribution in [0.4, 0.5) is 0 Å². The van der Waals surface area contributed by atoms with Crippen molar-refractivity contribution in [3.63, 3.8) is 0 Å². The van der Waals surface area contributed by atoms with Gasteiger partial charge in [-0.25, -0.2) is 0 Å². The van der Waals surface area contributed by atoms with Crippen LogP contribution in [0.15, 0.2) is 12.3 Å². The van der Waals surface area contributed by atoms with E-state index in [4.69, 9.17) is 0 Å². The van der Waals surface area contributed by atoms with Crippen molar-refractivity contribution >= 4 is 0 Å². The Morgan fingerprint density at radius 2 is 2.50 bits per heavy atom. The first kappa shape index (κ1) is 5.42. The molecule has 1 aromatic rings. The molecule has 0 aliphatic heterocycles. The molecule has 0 aliphatic carbocycles. The van der Waals surface area contributed by atoms with E-state index in [9.17, 15) is 0 Å². The first-order valence-electron chi connectivity index (χ1n) is 2.87. The van der Waals surface area contributed by atoms with E-state index < -0.39 is 0 Å². The van der Waals surface area contributed by atoms with Gasteiger partial charge in [0.2, 0.25) is 0 Å². The minimum absolute atomic E-state index is 1.02. The second kappa shape index (κ2) is 2.03. The number of aromatic nitrogens is 1. The van der Waals surface area contributed by atoms with Gasteiger partial charge in [-0.15, -0.1) is 0 Å². The SMILES string of the molecule is CCn1[c]cc(C)c1. The fraction of sp³-hybridized carbons (Fsp3) is 0.429. The third-order valence-electron chi connectivity index (χ3n) is 1.16. The Labute approximate surface area is 49.9 Å². The van der Waals surface area contributed by atoms with E-state index in [-0.39, 0.29) is 0 Å². The van der Waals surface area contributed by atoms with Gasteiger partial charge in [0.1, 0.15) is 0 Å². The molecule has 1 aromatic heterocycles. The summed E-state index contributed by atoms with van der Waals surface area (Å²) in [7, 11) is 0. The number of nitrogens with zero attached hydrogens (tertiary/aromatic N) is 1. The summed E-state index contributed by atoms with van der Waals surface area (Å²) in [5, 5.41) is 0. The maximum atomic E-state index is 3.07. The van der Waals surface area contributed by atoms with Crippen LogP contribution in [0.5, 0.6) is 0 Å². The molecule has 0 saturated carbocycles. The van der Waals surface area contributed by atoms with E-state index in [2.05, 4.69) is 26.2 Å². The molecule has 1 nitrogen and oxygen atoms in total. The highest BCUT2D eigenvalue weighted by atomic mass is 14.9. The summed E-state index contributed by atoms with van der Waals surface area (Å²) in [5.74, 6) is 0. The largest absolute Gasteiger partial charge is 0.346 e. The van der Waals surface area contributed by atoms with Crippen molar-refractivity contribution in [2.75, 3.05) is 0 Å². The normalized spacial score (nSPS) is 9.75. The van der Waals surface area contributed by atoms with Gasteiger partial charge in [-0.2, -0.15) is 0 Å². The Balaban J connectivity index is 2.84. The molecule has 8 heavy (non-hydrogen) atoms. The van der Waals surface area contributed by atoms with Crippen LogP contribution in [0.1, 0.15) is 12.5 Å². The lowest BCUT2D eigenvalue weighted by molar-refractivity contribution is 0.762. The highest BCUT2D eigenvalue weighted by Gasteiger charge is 1.85. The van der Waals surface area contributed by atoms with E-state index >= 15 is 0 Å². The second-order valence-corrected chi connectivity index (χ2v) is 1.93. The molecule has 0 aliphatic rings. The monoisotopic (exact) mass is 108 g/mol. The van der Waals surface area contributed by atoms with Gasteiger partial charge >= 0.3 is 0 Å². The van der Waals surface area contributed by atoms with Crippen molar-refractivity contribution < 1.29 is 0 Å². The van der Waals surface area contributed by atoms with Gasteiger partial charge in [-0.3, -0.25) is 0 Å². The van der Waals surface area contributed by atoms with Gasteiger partial charge in [0.25, 0.3) is 0 Å². The van der Waals surface area contributed by atoms with Crippen LogP contribution in [-0.2, 0) is 6.54 Å². The maximum Gasteiger partial charge on any atom is 0.0650 e. The lowest BCUT2D eigenvalue weighted by atomic mass is 10.4. The smallest absolute Gasteiger partial charge is 0.0650 e. The van der Waals surface area contributed by atoms with Gasteiger partial charge in [0.15, 0.2) is 0 Å². The molecule has 0 atom stereocenters. The molecule has 0 spiro atoms. The molecule has 1 rings (SSSR count). The second-order valence-electron chi connectivity index (χ2n) is 1.93. The third kappa shape index (κ3) is 0.915. The van der Waals surface area contributed by atoms with E-state index in [1.165, 1.54) is 5.56 Å². The fourth-order valence-electron chi connectivity index (χ4n) is 0.688. The topological polar surface area (TPSA) is 4.93 Å². The first-order valence-corrected chi connectivity index (χ1v) is 2.87. The highest BCUT2D eigenvalue weighted by Crippen LogP contribution is 1.95. The molecule has 1 heteroatoms. The first-order chi connectivity index (χ1) is 3.83.